The highest BCUT2D eigenvalue weighted by atomic mass is 16.3. The average Bonchev–Trinajstić information content (AvgIpc) is 3.16. The number of hydrogen-bond acceptors (Lipinski definition) is 3. The molecule has 0 radical (unpaired) electrons. The molecule has 0 bridgehead atoms. The third kappa shape index (κ3) is 4.56. The number of nitrogens with zero attached hydrogens (tertiary/aromatic N) is 1. The molecule has 1 N–H and O–H groups in total. The number of hydrogen-bond donors (Lipinski definition) is 1. The molecule has 0 saturated heterocycles. The van der Waals surface area contributed by atoms with Gasteiger partial charge in [0, 0.05) is 24.7 Å². The minimum atomic E-state index is 0.0739. The van der Waals surface area contributed by atoms with Crippen molar-refractivity contribution in [2.24, 2.45) is 0 Å². The van der Waals surface area contributed by atoms with Crippen molar-refractivity contribution in [2.45, 2.75) is 25.8 Å². The van der Waals surface area contributed by atoms with Crippen LogP contribution in [0.25, 0.3) is 11.3 Å². The Hall–Kier alpha value is -2.88. The fourth-order valence-corrected chi connectivity index (χ4v) is 2.50. The van der Waals surface area contributed by atoms with Crippen molar-refractivity contribution in [1.29, 1.82) is 0 Å². The Labute approximate surface area is 141 Å². The summed E-state index contributed by atoms with van der Waals surface area (Å²) < 4.78 is 5.05. The first-order chi connectivity index (χ1) is 11.8. The Bertz CT molecular complexity index is 750. The molecule has 0 saturated carbocycles. The lowest BCUT2D eigenvalue weighted by atomic mass is 10.1. The summed E-state index contributed by atoms with van der Waals surface area (Å²) in [5.74, 6) is 0.0739. The van der Waals surface area contributed by atoms with Gasteiger partial charge in [0.05, 0.1) is 18.2 Å². The SMILES string of the molecule is O=C(CCCc1ccccc1)NCc1ccc(-c2ccoc2)nc1. The van der Waals surface area contributed by atoms with Crippen LogP contribution < -0.4 is 5.32 Å². The van der Waals surface area contributed by atoms with Crippen LogP contribution >= 0.6 is 0 Å². The van der Waals surface area contributed by atoms with Crippen LogP contribution in [0.1, 0.15) is 24.0 Å². The lowest BCUT2D eigenvalue weighted by Crippen LogP contribution is -2.22. The molecule has 3 aromatic rings. The number of pyridine rings is 1. The predicted molar refractivity (Wildman–Crippen MR) is 93.2 cm³/mol. The number of rotatable bonds is 7. The second-order valence-corrected chi connectivity index (χ2v) is 5.68. The van der Waals surface area contributed by atoms with Crippen molar-refractivity contribution in [1.82, 2.24) is 10.3 Å². The summed E-state index contributed by atoms with van der Waals surface area (Å²) in [6.07, 6.45) is 7.39. The Balaban J connectivity index is 1.41. The minimum absolute atomic E-state index is 0.0739. The van der Waals surface area contributed by atoms with Gasteiger partial charge in [-0.15, -0.1) is 0 Å². The maximum absolute atomic E-state index is 11.9. The van der Waals surface area contributed by atoms with Crippen LogP contribution in [0.15, 0.2) is 71.7 Å². The smallest absolute Gasteiger partial charge is 0.220 e. The Kier molecular flexibility index (Phi) is 5.40. The van der Waals surface area contributed by atoms with E-state index in [1.165, 1.54) is 5.56 Å². The molecule has 1 amide bonds. The summed E-state index contributed by atoms with van der Waals surface area (Å²) >= 11 is 0. The molecule has 122 valence electrons. The first kappa shape index (κ1) is 16.0. The van der Waals surface area contributed by atoms with Gasteiger partial charge in [0.2, 0.25) is 5.91 Å². The second kappa shape index (κ2) is 8.11. The van der Waals surface area contributed by atoms with E-state index >= 15 is 0 Å². The van der Waals surface area contributed by atoms with E-state index in [1.54, 1.807) is 18.7 Å². The van der Waals surface area contributed by atoms with Gasteiger partial charge in [-0.3, -0.25) is 9.78 Å². The molecule has 0 unspecified atom stereocenters. The van der Waals surface area contributed by atoms with Gasteiger partial charge >= 0.3 is 0 Å². The van der Waals surface area contributed by atoms with Crippen LogP contribution in [-0.2, 0) is 17.8 Å². The van der Waals surface area contributed by atoms with Crippen molar-refractivity contribution in [3.8, 4) is 11.3 Å². The molecular formula is C20H20N2O2. The van der Waals surface area contributed by atoms with E-state index in [0.29, 0.717) is 13.0 Å². The van der Waals surface area contributed by atoms with Crippen molar-refractivity contribution < 1.29 is 9.21 Å². The maximum Gasteiger partial charge on any atom is 0.220 e. The van der Waals surface area contributed by atoms with E-state index in [9.17, 15) is 4.79 Å². The molecule has 0 aliphatic rings. The van der Waals surface area contributed by atoms with E-state index in [2.05, 4.69) is 22.4 Å². The van der Waals surface area contributed by atoms with E-state index in [0.717, 1.165) is 29.7 Å². The number of benzene rings is 1. The molecule has 2 aromatic heterocycles. The van der Waals surface area contributed by atoms with Crippen LogP contribution in [0.5, 0.6) is 0 Å². The zero-order valence-corrected chi connectivity index (χ0v) is 13.4. The van der Waals surface area contributed by atoms with E-state index in [-0.39, 0.29) is 5.91 Å². The number of carbonyl (C=O) groups excluding carboxylic acids is 1. The van der Waals surface area contributed by atoms with Crippen molar-refractivity contribution in [2.75, 3.05) is 0 Å². The van der Waals surface area contributed by atoms with Gasteiger partial charge in [-0.05, 0) is 36.1 Å². The Morgan fingerprint density at radius 1 is 1.04 bits per heavy atom. The Morgan fingerprint density at radius 3 is 2.62 bits per heavy atom. The number of furan rings is 1. The zero-order chi connectivity index (χ0) is 16.6. The largest absolute Gasteiger partial charge is 0.472 e. The number of nitrogens with one attached hydrogen (secondary N) is 1. The standard InChI is InChI=1S/C20H20N2O2/c23-20(8-4-7-16-5-2-1-3-6-16)22-14-17-9-10-19(21-13-17)18-11-12-24-15-18/h1-3,5-6,9-13,15H,4,7-8,14H2,(H,22,23). The topological polar surface area (TPSA) is 55.1 Å². The summed E-state index contributed by atoms with van der Waals surface area (Å²) in [5, 5.41) is 2.94. The molecule has 2 heterocycles. The van der Waals surface area contributed by atoms with Gasteiger partial charge in [0.15, 0.2) is 0 Å². The number of aryl methyl sites for hydroxylation is 1. The van der Waals surface area contributed by atoms with Crippen LogP contribution in [0.3, 0.4) is 0 Å². The monoisotopic (exact) mass is 320 g/mol. The number of amides is 1. The molecule has 0 aliphatic heterocycles. The number of carbonyl (C=O) groups is 1. The van der Waals surface area contributed by atoms with Gasteiger partial charge in [-0.2, -0.15) is 0 Å². The molecule has 0 fully saturated rings. The third-order valence-electron chi connectivity index (χ3n) is 3.84. The third-order valence-corrected chi connectivity index (χ3v) is 3.84. The van der Waals surface area contributed by atoms with Crippen LogP contribution in [0.2, 0.25) is 0 Å². The fraction of sp³-hybridized carbons (Fsp3) is 0.200. The van der Waals surface area contributed by atoms with Gasteiger partial charge < -0.3 is 9.73 Å². The normalized spacial score (nSPS) is 10.5. The molecular weight excluding hydrogens is 300 g/mol. The maximum atomic E-state index is 11.9. The molecule has 0 spiro atoms. The second-order valence-electron chi connectivity index (χ2n) is 5.68. The zero-order valence-electron chi connectivity index (χ0n) is 13.4. The van der Waals surface area contributed by atoms with Crippen LogP contribution in [0.4, 0.5) is 0 Å². The summed E-state index contributed by atoms with van der Waals surface area (Å²) in [5.41, 5.74) is 4.07. The molecule has 0 atom stereocenters. The molecule has 4 nitrogen and oxygen atoms in total. The highest BCUT2D eigenvalue weighted by Gasteiger charge is 2.04. The highest BCUT2D eigenvalue weighted by molar-refractivity contribution is 5.75. The number of aromatic nitrogens is 1. The van der Waals surface area contributed by atoms with E-state index in [1.807, 2.05) is 36.4 Å². The van der Waals surface area contributed by atoms with E-state index < -0.39 is 0 Å². The highest BCUT2D eigenvalue weighted by Crippen LogP contribution is 2.17. The fourth-order valence-electron chi connectivity index (χ4n) is 2.50. The molecule has 0 aliphatic carbocycles. The van der Waals surface area contributed by atoms with Crippen molar-refractivity contribution in [3.63, 3.8) is 0 Å². The van der Waals surface area contributed by atoms with Crippen molar-refractivity contribution in [3.05, 3.63) is 78.4 Å². The molecule has 3 rings (SSSR count). The Morgan fingerprint density at radius 2 is 1.92 bits per heavy atom. The quantitative estimate of drug-likeness (QED) is 0.716. The van der Waals surface area contributed by atoms with Crippen molar-refractivity contribution >= 4 is 5.91 Å². The minimum Gasteiger partial charge on any atom is -0.472 e. The lowest BCUT2D eigenvalue weighted by molar-refractivity contribution is -0.121. The predicted octanol–water partition coefficient (Wildman–Crippen LogP) is 3.98. The van der Waals surface area contributed by atoms with Gasteiger partial charge in [-0.1, -0.05) is 36.4 Å². The molecule has 1 aromatic carbocycles. The summed E-state index contributed by atoms with van der Waals surface area (Å²) in [6.45, 7) is 0.503. The van der Waals surface area contributed by atoms with Crippen LogP contribution in [-0.4, -0.2) is 10.9 Å². The average molecular weight is 320 g/mol. The summed E-state index contributed by atoms with van der Waals surface area (Å²) in [6, 6.07) is 16.0. The van der Waals surface area contributed by atoms with Gasteiger partial charge in [0.25, 0.3) is 0 Å². The van der Waals surface area contributed by atoms with Gasteiger partial charge in [0.1, 0.15) is 0 Å². The molecule has 24 heavy (non-hydrogen) atoms. The first-order valence-corrected chi connectivity index (χ1v) is 8.09. The lowest BCUT2D eigenvalue weighted by Gasteiger charge is -2.06. The summed E-state index contributed by atoms with van der Waals surface area (Å²) in [4.78, 5) is 16.3. The van der Waals surface area contributed by atoms with Crippen LogP contribution in [0, 0.1) is 0 Å². The van der Waals surface area contributed by atoms with E-state index in [4.69, 9.17) is 4.42 Å². The summed E-state index contributed by atoms with van der Waals surface area (Å²) in [7, 11) is 0. The van der Waals surface area contributed by atoms with Gasteiger partial charge in [-0.25, -0.2) is 0 Å². The molecule has 4 heteroatoms. The first-order valence-electron chi connectivity index (χ1n) is 8.09.